The number of hydrogen-bond donors (Lipinski definition) is 1. The van der Waals surface area contributed by atoms with Gasteiger partial charge < -0.3 is 10.1 Å². The van der Waals surface area contributed by atoms with Crippen LogP contribution in [0.25, 0.3) is 0 Å². The van der Waals surface area contributed by atoms with Crippen LogP contribution in [0.15, 0.2) is 28.1 Å². The van der Waals surface area contributed by atoms with Gasteiger partial charge in [0.2, 0.25) is 0 Å². The van der Waals surface area contributed by atoms with E-state index in [2.05, 4.69) is 52.4 Å². The normalized spacial score (nSPS) is 15.1. The lowest BCUT2D eigenvalue weighted by Crippen LogP contribution is -2.17. The Morgan fingerprint density at radius 2 is 2.21 bits per heavy atom. The fraction of sp³-hybridized carbons (Fsp3) is 0.333. The Morgan fingerprint density at radius 3 is 2.89 bits per heavy atom. The Balaban J connectivity index is 2.00. The molecular formula is C15H16BrNOS. The summed E-state index contributed by atoms with van der Waals surface area (Å²) < 4.78 is 6.76. The van der Waals surface area contributed by atoms with Crippen LogP contribution in [0.4, 0.5) is 0 Å². The van der Waals surface area contributed by atoms with Gasteiger partial charge in [-0.1, -0.05) is 12.1 Å². The molecule has 0 radical (unpaired) electrons. The molecule has 1 aromatic carbocycles. The van der Waals surface area contributed by atoms with E-state index in [-0.39, 0.29) is 6.04 Å². The first-order valence-electron chi connectivity index (χ1n) is 6.37. The molecule has 2 heterocycles. The zero-order chi connectivity index (χ0) is 13.4. The Kier molecular flexibility index (Phi) is 3.65. The maximum absolute atomic E-state index is 5.57. The molecule has 1 unspecified atom stereocenters. The van der Waals surface area contributed by atoms with Gasteiger partial charge in [0, 0.05) is 11.3 Å². The number of benzene rings is 1. The molecule has 2 nitrogen and oxygen atoms in total. The first-order valence-corrected chi connectivity index (χ1v) is 7.98. The molecule has 2 aromatic rings. The molecule has 19 heavy (non-hydrogen) atoms. The molecule has 1 N–H and O–H groups in total. The van der Waals surface area contributed by atoms with E-state index < -0.39 is 0 Å². The van der Waals surface area contributed by atoms with Crippen LogP contribution in [0, 0.1) is 6.92 Å². The quantitative estimate of drug-likeness (QED) is 0.911. The minimum absolute atomic E-state index is 0.244. The first kappa shape index (κ1) is 13.2. The van der Waals surface area contributed by atoms with Crippen molar-refractivity contribution >= 4 is 27.3 Å². The zero-order valence-corrected chi connectivity index (χ0v) is 13.4. The van der Waals surface area contributed by atoms with Gasteiger partial charge in [-0.15, -0.1) is 11.3 Å². The summed E-state index contributed by atoms with van der Waals surface area (Å²) in [7, 11) is 2.01. The molecule has 0 bridgehead atoms. The second-order valence-corrected chi connectivity index (χ2v) is 7.38. The Bertz CT molecular complexity index is 608. The number of aryl methyl sites for hydroxylation is 1. The van der Waals surface area contributed by atoms with E-state index in [0.29, 0.717) is 0 Å². The summed E-state index contributed by atoms with van der Waals surface area (Å²) in [4.78, 5) is 1.35. The number of fused-ring (bicyclic) bond motifs is 1. The molecular weight excluding hydrogens is 322 g/mol. The van der Waals surface area contributed by atoms with Gasteiger partial charge >= 0.3 is 0 Å². The van der Waals surface area contributed by atoms with Crippen molar-refractivity contribution in [1.82, 2.24) is 5.32 Å². The van der Waals surface area contributed by atoms with Gasteiger partial charge in [0.1, 0.15) is 5.75 Å². The van der Waals surface area contributed by atoms with Crippen LogP contribution >= 0.6 is 27.3 Å². The number of halogens is 1. The zero-order valence-electron chi connectivity index (χ0n) is 11.0. The molecule has 1 aliphatic heterocycles. The lowest BCUT2D eigenvalue weighted by atomic mass is 9.97. The minimum Gasteiger partial charge on any atom is -0.493 e. The molecule has 0 spiro atoms. The van der Waals surface area contributed by atoms with Crippen LogP contribution in [0.3, 0.4) is 0 Å². The van der Waals surface area contributed by atoms with E-state index in [4.69, 9.17) is 4.74 Å². The van der Waals surface area contributed by atoms with Gasteiger partial charge in [0.15, 0.2) is 0 Å². The SMILES string of the molecule is CNC(c1ccc2c(c1)CCO2)c1cc(Br)sc1C. The van der Waals surface area contributed by atoms with E-state index in [1.54, 1.807) is 11.3 Å². The number of thiophene rings is 1. The van der Waals surface area contributed by atoms with Crippen LogP contribution in [-0.2, 0) is 6.42 Å². The average Bonchev–Trinajstić information content (AvgIpc) is 2.97. The monoisotopic (exact) mass is 337 g/mol. The molecule has 1 aromatic heterocycles. The summed E-state index contributed by atoms with van der Waals surface area (Å²) >= 11 is 5.36. The maximum atomic E-state index is 5.57. The lowest BCUT2D eigenvalue weighted by molar-refractivity contribution is 0.357. The highest BCUT2D eigenvalue weighted by atomic mass is 79.9. The van der Waals surface area contributed by atoms with Crippen molar-refractivity contribution in [2.75, 3.05) is 13.7 Å². The molecule has 0 aliphatic carbocycles. The molecule has 3 rings (SSSR count). The fourth-order valence-corrected chi connectivity index (χ4v) is 4.38. The highest BCUT2D eigenvalue weighted by molar-refractivity contribution is 9.11. The van der Waals surface area contributed by atoms with Crippen molar-refractivity contribution in [3.63, 3.8) is 0 Å². The lowest BCUT2D eigenvalue weighted by Gasteiger charge is -2.17. The van der Waals surface area contributed by atoms with Crippen molar-refractivity contribution in [1.29, 1.82) is 0 Å². The molecule has 0 amide bonds. The maximum Gasteiger partial charge on any atom is 0.122 e. The van der Waals surface area contributed by atoms with Crippen molar-refractivity contribution in [3.8, 4) is 5.75 Å². The average molecular weight is 338 g/mol. The highest BCUT2D eigenvalue weighted by Crippen LogP contribution is 2.35. The Hall–Kier alpha value is -0.840. The van der Waals surface area contributed by atoms with Crippen LogP contribution in [-0.4, -0.2) is 13.7 Å². The van der Waals surface area contributed by atoms with E-state index in [1.165, 1.54) is 25.4 Å². The predicted molar refractivity (Wildman–Crippen MR) is 83.3 cm³/mol. The summed E-state index contributed by atoms with van der Waals surface area (Å²) in [6.45, 7) is 2.98. The molecule has 1 aliphatic rings. The number of ether oxygens (including phenoxy) is 1. The predicted octanol–water partition coefficient (Wildman–Crippen LogP) is 4.06. The first-order chi connectivity index (χ1) is 9.19. The van der Waals surface area contributed by atoms with E-state index >= 15 is 0 Å². The van der Waals surface area contributed by atoms with E-state index in [9.17, 15) is 0 Å². The van der Waals surface area contributed by atoms with Crippen molar-refractivity contribution in [2.24, 2.45) is 0 Å². The molecule has 0 saturated carbocycles. The van der Waals surface area contributed by atoms with Gasteiger partial charge in [0.25, 0.3) is 0 Å². The Labute approximate surface area is 125 Å². The third kappa shape index (κ3) is 2.45. The van der Waals surface area contributed by atoms with Gasteiger partial charge in [-0.3, -0.25) is 0 Å². The summed E-state index contributed by atoms with van der Waals surface area (Å²) in [5.74, 6) is 1.04. The summed E-state index contributed by atoms with van der Waals surface area (Å²) in [5.41, 5.74) is 3.98. The van der Waals surface area contributed by atoms with Crippen molar-refractivity contribution in [2.45, 2.75) is 19.4 Å². The topological polar surface area (TPSA) is 21.3 Å². The van der Waals surface area contributed by atoms with Gasteiger partial charge in [-0.25, -0.2) is 0 Å². The summed E-state index contributed by atoms with van der Waals surface area (Å²) in [6, 6.07) is 8.99. The number of nitrogens with one attached hydrogen (secondary N) is 1. The Morgan fingerprint density at radius 1 is 1.37 bits per heavy atom. The second kappa shape index (κ2) is 5.27. The summed E-state index contributed by atoms with van der Waals surface area (Å²) in [5, 5.41) is 3.42. The minimum atomic E-state index is 0.244. The van der Waals surface area contributed by atoms with Gasteiger partial charge in [-0.05, 0) is 58.7 Å². The van der Waals surface area contributed by atoms with Crippen LogP contribution in [0.1, 0.15) is 27.6 Å². The molecule has 1 atom stereocenters. The number of rotatable bonds is 3. The molecule has 0 fully saturated rings. The third-order valence-corrected chi connectivity index (χ3v) is 5.14. The van der Waals surface area contributed by atoms with Crippen molar-refractivity contribution in [3.05, 3.63) is 49.6 Å². The summed E-state index contributed by atoms with van der Waals surface area (Å²) in [6.07, 6.45) is 1.02. The molecule has 0 saturated heterocycles. The molecule has 100 valence electrons. The van der Waals surface area contributed by atoms with Gasteiger partial charge in [-0.2, -0.15) is 0 Å². The highest BCUT2D eigenvalue weighted by Gasteiger charge is 2.19. The van der Waals surface area contributed by atoms with Crippen LogP contribution in [0.2, 0.25) is 0 Å². The van der Waals surface area contributed by atoms with E-state index in [0.717, 1.165) is 18.8 Å². The van der Waals surface area contributed by atoms with Crippen LogP contribution in [0.5, 0.6) is 5.75 Å². The second-order valence-electron chi connectivity index (χ2n) is 4.75. The van der Waals surface area contributed by atoms with Gasteiger partial charge in [0.05, 0.1) is 16.4 Å². The standard InChI is InChI=1S/C15H16BrNOS/c1-9-12(8-14(16)19-9)15(17-2)11-3-4-13-10(7-11)5-6-18-13/h3-4,7-8,15,17H,5-6H2,1-2H3. The van der Waals surface area contributed by atoms with Crippen LogP contribution < -0.4 is 10.1 Å². The van der Waals surface area contributed by atoms with Crippen molar-refractivity contribution < 1.29 is 4.74 Å². The number of hydrogen-bond acceptors (Lipinski definition) is 3. The third-order valence-electron chi connectivity index (χ3n) is 3.57. The molecule has 4 heteroatoms. The van der Waals surface area contributed by atoms with E-state index in [1.807, 2.05) is 7.05 Å². The largest absolute Gasteiger partial charge is 0.493 e. The smallest absolute Gasteiger partial charge is 0.122 e. The fourth-order valence-electron chi connectivity index (χ4n) is 2.63.